The van der Waals surface area contributed by atoms with E-state index in [4.69, 9.17) is 16.7 Å². The van der Waals surface area contributed by atoms with E-state index in [1.165, 1.54) is 4.57 Å². The van der Waals surface area contributed by atoms with Gasteiger partial charge in [-0.05, 0) is 6.07 Å². The number of pyridine rings is 1. The topological polar surface area (TPSA) is 80.0 Å². The summed E-state index contributed by atoms with van der Waals surface area (Å²) in [5, 5.41) is 20.3. The summed E-state index contributed by atoms with van der Waals surface area (Å²) in [7, 11) is 1.64. The molecule has 17 heavy (non-hydrogen) atoms. The maximum absolute atomic E-state index is 12.0. The van der Waals surface area contributed by atoms with Crippen molar-refractivity contribution in [1.29, 1.82) is 0 Å². The molecule has 0 amide bonds. The van der Waals surface area contributed by atoms with Crippen LogP contribution in [0.1, 0.15) is 0 Å². The van der Waals surface area contributed by atoms with Crippen LogP contribution in [0.25, 0.3) is 10.8 Å². The van der Waals surface area contributed by atoms with E-state index in [0.717, 1.165) is 0 Å². The summed E-state index contributed by atoms with van der Waals surface area (Å²) in [6.45, 7) is 0.239. The fraction of sp³-hybridized carbons (Fsp3) is 0.300. The fourth-order valence-corrected chi connectivity index (χ4v) is 1.72. The SMILES string of the molecule is Cn1ccc2c(Cl)nnc(NCCO)c2c1=O. The summed E-state index contributed by atoms with van der Waals surface area (Å²) >= 11 is 5.89. The number of nitrogens with one attached hydrogen (secondary N) is 1. The summed E-state index contributed by atoms with van der Waals surface area (Å²) in [6, 6.07) is 1.71. The molecule has 7 heteroatoms. The second-order valence-electron chi connectivity index (χ2n) is 3.51. The van der Waals surface area contributed by atoms with Crippen molar-refractivity contribution in [1.82, 2.24) is 14.8 Å². The van der Waals surface area contributed by atoms with Crippen LogP contribution in [0.3, 0.4) is 0 Å². The molecule has 0 fully saturated rings. The van der Waals surface area contributed by atoms with Crippen LogP contribution in [-0.4, -0.2) is 33.0 Å². The number of hydrogen-bond acceptors (Lipinski definition) is 5. The van der Waals surface area contributed by atoms with Gasteiger partial charge in [0.05, 0.1) is 12.0 Å². The minimum atomic E-state index is -0.209. The first-order valence-corrected chi connectivity index (χ1v) is 5.39. The number of rotatable bonds is 3. The number of anilines is 1. The highest BCUT2D eigenvalue weighted by Gasteiger charge is 2.11. The monoisotopic (exact) mass is 254 g/mol. The van der Waals surface area contributed by atoms with Gasteiger partial charge in [-0.15, -0.1) is 10.2 Å². The van der Waals surface area contributed by atoms with E-state index in [9.17, 15) is 4.79 Å². The molecule has 0 aliphatic carbocycles. The Bertz CT molecular complexity index is 611. The van der Waals surface area contributed by atoms with Gasteiger partial charge in [0.15, 0.2) is 11.0 Å². The van der Waals surface area contributed by atoms with Crippen molar-refractivity contribution in [2.24, 2.45) is 7.05 Å². The Balaban J connectivity index is 2.73. The number of fused-ring (bicyclic) bond motifs is 1. The molecule has 0 aromatic carbocycles. The Kier molecular flexibility index (Phi) is 3.26. The minimum absolute atomic E-state index is 0.0566. The normalized spacial score (nSPS) is 10.8. The fourth-order valence-electron chi connectivity index (χ4n) is 1.53. The van der Waals surface area contributed by atoms with Gasteiger partial charge in [-0.25, -0.2) is 0 Å². The quantitative estimate of drug-likeness (QED) is 0.828. The van der Waals surface area contributed by atoms with Crippen LogP contribution in [0.2, 0.25) is 5.15 Å². The smallest absolute Gasteiger partial charge is 0.262 e. The first-order valence-electron chi connectivity index (χ1n) is 5.01. The number of aliphatic hydroxyl groups is 1. The summed E-state index contributed by atoms with van der Waals surface area (Å²) in [6.07, 6.45) is 1.62. The van der Waals surface area contributed by atoms with E-state index in [1.807, 2.05) is 0 Å². The van der Waals surface area contributed by atoms with Gasteiger partial charge in [-0.2, -0.15) is 0 Å². The van der Waals surface area contributed by atoms with Gasteiger partial charge in [0.1, 0.15) is 0 Å². The van der Waals surface area contributed by atoms with E-state index in [-0.39, 0.29) is 17.3 Å². The minimum Gasteiger partial charge on any atom is -0.395 e. The molecule has 0 radical (unpaired) electrons. The van der Waals surface area contributed by atoms with Crippen LogP contribution >= 0.6 is 11.6 Å². The van der Waals surface area contributed by atoms with E-state index >= 15 is 0 Å². The van der Waals surface area contributed by atoms with Gasteiger partial charge in [-0.1, -0.05) is 11.6 Å². The van der Waals surface area contributed by atoms with Crippen LogP contribution in [0.4, 0.5) is 5.82 Å². The van der Waals surface area contributed by atoms with E-state index in [0.29, 0.717) is 23.1 Å². The van der Waals surface area contributed by atoms with Crippen molar-refractivity contribution in [3.8, 4) is 0 Å². The molecular formula is C10H11ClN4O2. The Hall–Kier alpha value is -1.66. The molecule has 2 N–H and O–H groups in total. The average Bonchev–Trinajstić information content (AvgIpc) is 2.33. The predicted molar refractivity (Wildman–Crippen MR) is 65.4 cm³/mol. The lowest BCUT2D eigenvalue weighted by molar-refractivity contribution is 0.311. The molecule has 0 aliphatic heterocycles. The summed E-state index contributed by atoms with van der Waals surface area (Å²) in [4.78, 5) is 12.0. The highest BCUT2D eigenvalue weighted by molar-refractivity contribution is 6.34. The van der Waals surface area contributed by atoms with Crippen molar-refractivity contribution >= 4 is 28.2 Å². The second kappa shape index (κ2) is 4.68. The Morgan fingerprint density at radius 2 is 2.29 bits per heavy atom. The number of aryl methyl sites for hydroxylation is 1. The van der Waals surface area contributed by atoms with Crippen molar-refractivity contribution in [3.63, 3.8) is 0 Å². The number of aliphatic hydroxyl groups excluding tert-OH is 1. The number of halogens is 1. The van der Waals surface area contributed by atoms with E-state index in [1.54, 1.807) is 19.3 Å². The molecule has 2 aromatic heterocycles. The third-order valence-electron chi connectivity index (χ3n) is 2.37. The molecule has 0 atom stereocenters. The summed E-state index contributed by atoms with van der Waals surface area (Å²) in [5.41, 5.74) is -0.209. The van der Waals surface area contributed by atoms with E-state index in [2.05, 4.69) is 15.5 Å². The number of aromatic nitrogens is 3. The highest BCUT2D eigenvalue weighted by Crippen LogP contribution is 2.22. The predicted octanol–water partition coefficient (Wildman–Crippen LogP) is 0.386. The lowest BCUT2D eigenvalue weighted by Crippen LogP contribution is -2.19. The summed E-state index contributed by atoms with van der Waals surface area (Å²) in [5.74, 6) is 0.333. The number of nitrogens with zero attached hydrogens (tertiary/aromatic N) is 3. The lowest BCUT2D eigenvalue weighted by atomic mass is 10.2. The van der Waals surface area contributed by atoms with Crippen molar-refractivity contribution in [3.05, 3.63) is 27.8 Å². The molecule has 0 aliphatic rings. The van der Waals surface area contributed by atoms with Gasteiger partial charge < -0.3 is 15.0 Å². The maximum Gasteiger partial charge on any atom is 0.262 e. The molecule has 2 heterocycles. The second-order valence-corrected chi connectivity index (χ2v) is 3.87. The molecular weight excluding hydrogens is 244 g/mol. The van der Waals surface area contributed by atoms with Gasteiger partial charge in [0.2, 0.25) is 0 Å². The van der Waals surface area contributed by atoms with Crippen molar-refractivity contribution in [2.75, 3.05) is 18.5 Å². The van der Waals surface area contributed by atoms with Gasteiger partial charge >= 0.3 is 0 Å². The zero-order valence-corrected chi connectivity index (χ0v) is 9.90. The number of hydrogen-bond donors (Lipinski definition) is 2. The van der Waals surface area contributed by atoms with Gasteiger partial charge in [0.25, 0.3) is 5.56 Å². The largest absolute Gasteiger partial charge is 0.395 e. The third-order valence-corrected chi connectivity index (χ3v) is 2.65. The molecule has 0 bridgehead atoms. The Morgan fingerprint density at radius 1 is 1.53 bits per heavy atom. The Morgan fingerprint density at radius 3 is 3.00 bits per heavy atom. The maximum atomic E-state index is 12.0. The molecule has 0 spiro atoms. The zero-order chi connectivity index (χ0) is 12.4. The van der Waals surface area contributed by atoms with Crippen molar-refractivity contribution < 1.29 is 5.11 Å². The van der Waals surface area contributed by atoms with Gasteiger partial charge in [0, 0.05) is 25.2 Å². The molecule has 6 nitrogen and oxygen atoms in total. The van der Waals surface area contributed by atoms with Crippen LogP contribution in [0.15, 0.2) is 17.1 Å². The molecule has 0 saturated carbocycles. The highest BCUT2D eigenvalue weighted by atomic mass is 35.5. The van der Waals surface area contributed by atoms with Crippen LogP contribution in [-0.2, 0) is 7.05 Å². The molecule has 2 rings (SSSR count). The van der Waals surface area contributed by atoms with E-state index < -0.39 is 0 Å². The first-order chi connectivity index (χ1) is 8.15. The van der Waals surface area contributed by atoms with Crippen LogP contribution < -0.4 is 10.9 Å². The molecule has 90 valence electrons. The molecule has 0 saturated heterocycles. The zero-order valence-electron chi connectivity index (χ0n) is 9.14. The summed E-state index contributed by atoms with van der Waals surface area (Å²) < 4.78 is 1.43. The molecule has 0 unspecified atom stereocenters. The van der Waals surface area contributed by atoms with Crippen LogP contribution in [0, 0.1) is 0 Å². The van der Waals surface area contributed by atoms with Crippen molar-refractivity contribution in [2.45, 2.75) is 0 Å². The molecule has 2 aromatic rings. The van der Waals surface area contributed by atoms with Gasteiger partial charge in [-0.3, -0.25) is 4.79 Å². The first kappa shape index (κ1) is 11.8. The third kappa shape index (κ3) is 2.09. The Labute approximate surface area is 102 Å². The standard InChI is InChI=1S/C10H11ClN4O2/c1-15-4-2-6-7(10(15)17)9(12-3-5-16)14-13-8(6)11/h2,4,16H,3,5H2,1H3,(H,12,14). The van der Waals surface area contributed by atoms with Crippen LogP contribution in [0.5, 0.6) is 0 Å². The average molecular weight is 255 g/mol. The lowest BCUT2D eigenvalue weighted by Gasteiger charge is -2.08.